The molecule has 0 atom stereocenters. The molecule has 0 spiro atoms. The van der Waals surface area contributed by atoms with Crippen LogP contribution in [0.5, 0.6) is 5.75 Å². The van der Waals surface area contributed by atoms with Crippen LogP contribution in [-0.4, -0.2) is 17.2 Å². The average molecular weight is 287 g/mol. The zero-order valence-electron chi connectivity index (χ0n) is 10.9. The molecule has 1 aromatic carbocycles. The summed E-state index contributed by atoms with van der Waals surface area (Å²) in [6.45, 7) is 0.260. The molecule has 0 radical (unpaired) electrons. The minimum absolute atomic E-state index is 0.260. The van der Waals surface area contributed by atoms with Gasteiger partial charge in [-0.05, 0) is 35.7 Å². The van der Waals surface area contributed by atoms with Gasteiger partial charge in [-0.15, -0.1) is 0 Å². The lowest BCUT2D eigenvalue weighted by Gasteiger charge is -2.04. The van der Waals surface area contributed by atoms with E-state index in [1.165, 1.54) is 0 Å². The Labute approximate surface area is 120 Å². The third-order valence-electron chi connectivity index (χ3n) is 2.75. The molecule has 3 aromatic rings. The van der Waals surface area contributed by atoms with E-state index in [4.69, 9.17) is 9.26 Å². The Bertz CT molecular complexity index is 662. The van der Waals surface area contributed by atoms with Crippen LogP contribution >= 0.6 is 11.3 Å². The minimum Gasteiger partial charge on any atom is -0.484 e. The van der Waals surface area contributed by atoms with E-state index in [9.17, 15) is 0 Å². The van der Waals surface area contributed by atoms with Crippen LogP contribution in [0.4, 0.5) is 5.69 Å². The first kappa shape index (κ1) is 12.7. The van der Waals surface area contributed by atoms with Gasteiger partial charge in [-0.3, -0.25) is 0 Å². The monoisotopic (exact) mass is 287 g/mol. The van der Waals surface area contributed by atoms with Gasteiger partial charge in [-0.2, -0.15) is 16.3 Å². The molecule has 20 heavy (non-hydrogen) atoms. The van der Waals surface area contributed by atoms with E-state index in [1.54, 1.807) is 11.3 Å². The van der Waals surface area contributed by atoms with Crippen LogP contribution in [0.2, 0.25) is 0 Å². The van der Waals surface area contributed by atoms with Crippen molar-refractivity contribution in [3.63, 3.8) is 0 Å². The Hall–Kier alpha value is -2.34. The lowest BCUT2D eigenvalue weighted by atomic mass is 10.3. The van der Waals surface area contributed by atoms with Crippen LogP contribution in [-0.2, 0) is 6.61 Å². The SMILES string of the molecule is CNc1ccc(OCc2nc(-c3ccsc3)no2)cc1. The second-order valence-corrected chi connectivity index (χ2v) is 4.87. The van der Waals surface area contributed by atoms with Crippen molar-refractivity contribution >= 4 is 17.0 Å². The molecule has 0 fully saturated rings. The molecule has 5 nitrogen and oxygen atoms in total. The highest BCUT2D eigenvalue weighted by Crippen LogP contribution is 2.20. The van der Waals surface area contributed by atoms with Crippen LogP contribution in [0.1, 0.15) is 5.89 Å². The van der Waals surface area contributed by atoms with Gasteiger partial charge in [0.05, 0.1) is 0 Å². The summed E-state index contributed by atoms with van der Waals surface area (Å²) in [5, 5.41) is 10.9. The number of ether oxygens (including phenoxy) is 1. The molecule has 0 unspecified atom stereocenters. The summed E-state index contributed by atoms with van der Waals surface area (Å²) in [5.41, 5.74) is 2.00. The normalized spacial score (nSPS) is 10.4. The van der Waals surface area contributed by atoms with Crippen LogP contribution in [0.15, 0.2) is 45.6 Å². The van der Waals surface area contributed by atoms with Gasteiger partial charge < -0.3 is 14.6 Å². The van der Waals surface area contributed by atoms with E-state index in [2.05, 4.69) is 15.5 Å². The number of hydrogen-bond donors (Lipinski definition) is 1. The van der Waals surface area contributed by atoms with Gasteiger partial charge in [0.1, 0.15) is 5.75 Å². The molecular formula is C14H13N3O2S. The molecule has 0 saturated heterocycles. The van der Waals surface area contributed by atoms with Gasteiger partial charge in [0.2, 0.25) is 5.82 Å². The summed E-state index contributed by atoms with van der Waals surface area (Å²) in [6.07, 6.45) is 0. The molecule has 3 rings (SSSR count). The lowest BCUT2D eigenvalue weighted by Crippen LogP contribution is -1.96. The van der Waals surface area contributed by atoms with Gasteiger partial charge in [0.15, 0.2) is 6.61 Å². The third-order valence-corrected chi connectivity index (χ3v) is 3.44. The standard InChI is InChI=1S/C14H13N3O2S/c1-15-11-2-4-12(5-3-11)18-8-13-16-14(17-19-13)10-6-7-20-9-10/h2-7,9,15H,8H2,1H3. The van der Waals surface area contributed by atoms with E-state index >= 15 is 0 Å². The van der Waals surface area contributed by atoms with E-state index in [0.717, 1.165) is 17.0 Å². The molecule has 1 N–H and O–H groups in total. The largest absolute Gasteiger partial charge is 0.484 e. The highest BCUT2D eigenvalue weighted by Gasteiger charge is 2.09. The smallest absolute Gasteiger partial charge is 0.264 e. The first-order chi connectivity index (χ1) is 9.85. The van der Waals surface area contributed by atoms with E-state index in [-0.39, 0.29) is 6.61 Å². The van der Waals surface area contributed by atoms with Gasteiger partial charge in [-0.1, -0.05) is 5.16 Å². The number of nitrogens with zero attached hydrogens (tertiary/aromatic N) is 2. The number of thiophene rings is 1. The van der Waals surface area contributed by atoms with Crippen molar-refractivity contribution in [3.8, 4) is 17.1 Å². The Morgan fingerprint density at radius 3 is 2.80 bits per heavy atom. The second kappa shape index (κ2) is 5.75. The Morgan fingerprint density at radius 2 is 2.10 bits per heavy atom. The van der Waals surface area contributed by atoms with Gasteiger partial charge >= 0.3 is 0 Å². The Kier molecular flexibility index (Phi) is 3.64. The number of nitrogens with one attached hydrogen (secondary N) is 1. The van der Waals surface area contributed by atoms with Crippen LogP contribution in [0.3, 0.4) is 0 Å². The predicted molar refractivity (Wildman–Crippen MR) is 77.9 cm³/mol. The Morgan fingerprint density at radius 1 is 1.25 bits per heavy atom. The van der Waals surface area contributed by atoms with Crippen molar-refractivity contribution < 1.29 is 9.26 Å². The van der Waals surface area contributed by atoms with E-state index < -0.39 is 0 Å². The van der Waals surface area contributed by atoms with Crippen molar-refractivity contribution in [2.24, 2.45) is 0 Å². The maximum atomic E-state index is 5.60. The highest BCUT2D eigenvalue weighted by atomic mass is 32.1. The Balaban J connectivity index is 1.63. The number of benzene rings is 1. The second-order valence-electron chi connectivity index (χ2n) is 4.09. The molecular weight excluding hydrogens is 274 g/mol. The van der Waals surface area contributed by atoms with E-state index in [1.807, 2.05) is 48.1 Å². The quantitative estimate of drug-likeness (QED) is 0.779. The van der Waals surface area contributed by atoms with Crippen molar-refractivity contribution in [2.45, 2.75) is 6.61 Å². The first-order valence-corrected chi connectivity index (χ1v) is 7.05. The van der Waals surface area contributed by atoms with Crippen LogP contribution in [0.25, 0.3) is 11.4 Å². The van der Waals surface area contributed by atoms with Crippen molar-refractivity contribution in [1.82, 2.24) is 10.1 Å². The molecule has 0 saturated carbocycles. The molecule has 6 heteroatoms. The van der Waals surface area contributed by atoms with Gasteiger partial charge in [0, 0.05) is 23.7 Å². The zero-order chi connectivity index (χ0) is 13.8. The van der Waals surface area contributed by atoms with E-state index in [0.29, 0.717) is 11.7 Å². The molecule has 0 aliphatic carbocycles. The predicted octanol–water partition coefficient (Wildman–Crippen LogP) is 3.42. The van der Waals surface area contributed by atoms with Gasteiger partial charge in [0.25, 0.3) is 5.89 Å². The third kappa shape index (κ3) is 2.80. The number of aromatic nitrogens is 2. The molecule has 0 amide bonds. The first-order valence-electron chi connectivity index (χ1n) is 6.11. The maximum absolute atomic E-state index is 5.60. The van der Waals surface area contributed by atoms with Crippen LogP contribution < -0.4 is 10.1 Å². The fourth-order valence-corrected chi connectivity index (χ4v) is 2.32. The fourth-order valence-electron chi connectivity index (χ4n) is 1.69. The topological polar surface area (TPSA) is 60.2 Å². The number of hydrogen-bond acceptors (Lipinski definition) is 6. The molecule has 102 valence electrons. The minimum atomic E-state index is 0.260. The molecule has 2 heterocycles. The lowest BCUT2D eigenvalue weighted by molar-refractivity contribution is 0.243. The maximum Gasteiger partial charge on any atom is 0.264 e. The summed E-state index contributed by atoms with van der Waals surface area (Å²) < 4.78 is 10.8. The van der Waals surface area contributed by atoms with Crippen molar-refractivity contribution in [3.05, 3.63) is 47.0 Å². The number of anilines is 1. The average Bonchev–Trinajstić information content (AvgIpc) is 3.16. The summed E-state index contributed by atoms with van der Waals surface area (Å²) in [5.74, 6) is 1.82. The number of rotatable bonds is 5. The van der Waals surface area contributed by atoms with Crippen LogP contribution in [0, 0.1) is 0 Å². The fraction of sp³-hybridized carbons (Fsp3) is 0.143. The molecule has 0 aliphatic rings. The summed E-state index contributed by atoms with van der Waals surface area (Å²) in [4.78, 5) is 4.29. The van der Waals surface area contributed by atoms with Crippen molar-refractivity contribution in [2.75, 3.05) is 12.4 Å². The molecule has 2 aromatic heterocycles. The summed E-state index contributed by atoms with van der Waals surface area (Å²) >= 11 is 1.60. The summed E-state index contributed by atoms with van der Waals surface area (Å²) in [7, 11) is 1.88. The zero-order valence-corrected chi connectivity index (χ0v) is 11.7. The van der Waals surface area contributed by atoms with Gasteiger partial charge in [-0.25, -0.2) is 0 Å². The highest BCUT2D eigenvalue weighted by molar-refractivity contribution is 7.08. The summed E-state index contributed by atoms with van der Waals surface area (Å²) in [6, 6.07) is 9.63. The van der Waals surface area contributed by atoms with Crippen molar-refractivity contribution in [1.29, 1.82) is 0 Å². The molecule has 0 bridgehead atoms. The molecule has 0 aliphatic heterocycles.